The normalized spacial score (nSPS) is 12.9. The Bertz CT molecular complexity index is 248. The highest BCUT2D eigenvalue weighted by atomic mass is 16.1. The van der Waals surface area contributed by atoms with Gasteiger partial charge in [-0.3, -0.25) is 9.59 Å². The molecule has 0 aromatic heterocycles. The van der Waals surface area contributed by atoms with Crippen molar-refractivity contribution in [1.29, 1.82) is 0 Å². The summed E-state index contributed by atoms with van der Waals surface area (Å²) in [5, 5.41) is 0. The third-order valence-corrected chi connectivity index (χ3v) is 3.20. The number of rotatable bonds is 5. The molecule has 17 heavy (non-hydrogen) atoms. The summed E-state index contributed by atoms with van der Waals surface area (Å²) in [7, 11) is 0. The number of carbonyl (C=O) groups is 2. The van der Waals surface area contributed by atoms with Crippen molar-refractivity contribution >= 4 is 11.6 Å². The number of carbonyl (C=O) groups excluding carboxylic acids is 2. The van der Waals surface area contributed by atoms with Crippen LogP contribution < -0.4 is 0 Å². The van der Waals surface area contributed by atoms with Crippen LogP contribution in [-0.2, 0) is 9.59 Å². The second-order valence-electron chi connectivity index (χ2n) is 7.03. The lowest BCUT2D eigenvalue weighted by molar-refractivity contribution is -0.129. The summed E-state index contributed by atoms with van der Waals surface area (Å²) in [6, 6.07) is 0. The standard InChI is InChI=1S/C15H28O2/c1-8-11(9-12(16)14(2,3)4)10-13(17)15(5,6)7/h11H,8-10H2,1-7H3. The molecular formula is C15H28O2. The van der Waals surface area contributed by atoms with Crippen LogP contribution >= 0.6 is 0 Å². The molecule has 0 heterocycles. The lowest BCUT2D eigenvalue weighted by atomic mass is 9.79. The first-order valence-corrected chi connectivity index (χ1v) is 6.55. The van der Waals surface area contributed by atoms with Gasteiger partial charge in [0.15, 0.2) is 0 Å². The van der Waals surface area contributed by atoms with Crippen LogP contribution in [0.5, 0.6) is 0 Å². The Labute approximate surface area is 106 Å². The van der Waals surface area contributed by atoms with E-state index < -0.39 is 0 Å². The fraction of sp³-hybridized carbons (Fsp3) is 0.867. The Hall–Kier alpha value is -0.660. The van der Waals surface area contributed by atoms with Gasteiger partial charge in [-0.1, -0.05) is 54.9 Å². The van der Waals surface area contributed by atoms with Crippen molar-refractivity contribution in [3.05, 3.63) is 0 Å². The monoisotopic (exact) mass is 240 g/mol. The molecule has 0 aliphatic rings. The number of ketones is 2. The minimum Gasteiger partial charge on any atom is -0.299 e. The van der Waals surface area contributed by atoms with Crippen LogP contribution in [0, 0.1) is 16.7 Å². The van der Waals surface area contributed by atoms with Gasteiger partial charge in [0, 0.05) is 23.7 Å². The van der Waals surface area contributed by atoms with Crippen molar-refractivity contribution in [2.45, 2.75) is 67.7 Å². The van der Waals surface area contributed by atoms with E-state index in [1.807, 2.05) is 41.5 Å². The Morgan fingerprint density at radius 2 is 1.12 bits per heavy atom. The van der Waals surface area contributed by atoms with Crippen LogP contribution in [0.1, 0.15) is 67.7 Å². The maximum Gasteiger partial charge on any atom is 0.138 e. The molecule has 100 valence electrons. The summed E-state index contributed by atoms with van der Waals surface area (Å²) >= 11 is 0. The number of hydrogen-bond acceptors (Lipinski definition) is 2. The van der Waals surface area contributed by atoms with Crippen molar-refractivity contribution in [3.8, 4) is 0 Å². The summed E-state index contributed by atoms with van der Waals surface area (Å²) in [5.74, 6) is 0.713. The van der Waals surface area contributed by atoms with Crippen LogP contribution in [0.3, 0.4) is 0 Å². The Morgan fingerprint density at radius 1 is 0.824 bits per heavy atom. The summed E-state index contributed by atoms with van der Waals surface area (Å²) in [4.78, 5) is 23.9. The zero-order valence-corrected chi connectivity index (χ0v) is 12.5. The number of Topliss-reactive ketones (excluding diaryl/α,β-unsaturated/α-hetero) is 2. The van der Waals surface area contributed by atoms with E-state index in [4.69, 9.17) is 0 Å². The van der Waals surface area contributed by atoms with Crippen molar-refractivity contribution < 1.29 is 9.59 Å². The average molecular weight is 240 g/mol. The van der Waals surface area contributed by atoms with Gasteiger partial charge in [0.2, 0.25) is 0 Å². The van der Waals surface area contributed by atoms with Crippen molar-refractivity contribution in [2.75, 3.05) is 0 Å². The maximum atomic E-state index is 12.0. The fourth-order valence-corrected chi connectivity index (χ4v) is 1.50. The first-order chi connectivity index (χ1) is 7.48. The van der Waals surface area contributed by atoms with Gasteiger partial charge >= 0.3 is 0 Å². The molecule has 0 saturated heterocycles. The van der Waals surface area contributed by atoms with Gasteiger partial charge in [0.1, 0.15) is 11.6 Å². The first kappa shape index (κ1) is 16.3. The van der Waals surface area contributed by atoms with E-state index in [1.54, 1.807) is 0 Å². The van der Waals surface area contributed by atoms with Crippen LogP contribution in [0.15, 0.2) is 0 Å². The third kappa shape index (κ3) is 5.99. The molecule has 2 nitrogen and oxygen atoms in total. The summed E-state index contributed by atoms with van der Waals surface area (Å²) in [6.07, 6.45) is 1.95. The molecule has 0 atom stereocenters. The highest BCUT2D eigenvalue weighted by molar-refractivity contribution is 5.86. The third-order valence-electron chi connectivity index (χ3n) is 3.20. The average Bonchev–Trinajstić information content (AvgIpc) is 2.13. The lowest BCUT2D eigenvalue weighted by Gasteiger charge is -2.23. The Kier molecular flexibility index (Phi) is 5.57. The second kappa shape index (κ2) is 5.79. The van der Waals surface area contributed by atoms with Crippen LogP contribution in [0.25, 0.3) is 0 Å². The number of hydrogen-bond donors (Lipinski definition) is 0. The van der Waals surface area contributed by atoms with E-state index in [-0.39, 0.29) is 28.3 Å². The van der Waals surface area contributed by atoms with E-state index in [0.717, 1.165) is 6.42 Å². The lowest BCUT2D eigenvalue weighted by Crippen LogP contribution is -2.27. The minimum atomic E-state index is -0.293. The summed E-state index contributed by atoms with van der Waals surface area (Å²) in [6.45, 7) is 13.7. The molecule has 0 rings (SSSR count). The van der Waals surface area contributed by atoms with Crippen molar-refractivity contribution in [2.24, 2.45) is 16.7 Å². The van der Waals surface area contributed by atoms with E-state index in [9.17, 15) is 9.59 Å². The molecule has 0 unspecified atom stereocenters. The Balaban J connectivity index is 4.47. The van der Waals surface area contributed by atoms with Crippen LogP contribution in [0.2, 0.25) is 0 Å². The molecule has 0 bridgehead atoms. The van der Waals surface area contributed by atoms with E-state index in [1.165, 1.54) is 0 Å². The zero-order chi connectivity index (χ0) is 13.9. The molecular weight excluding hydrogens is 212 g/mol. The van der Waals surface area contributed by atoms with Gasteiger partial charge in [0.25, 0.3) is 0 Å². The van der Waals surface area contributed by atoms with Crippen molar-refractivity contribution in [3.63, 3.8) is 0 Å². The SMILES string of the molecule is CCC(CC(=O)C(C)(C)C)CC(=O)C(C)(C)C. The summed E-state index contributed by atoms with van der Waals surface area (Å²) in [5.41, 5.74) is -0.587. The molecule has 0 aliphatic carbocycles. The minimum absolute atomic E-state index is 0.202. The summed E-state index contributed by atoms with van der Waals surface area (Å²) < 4.78 is 0. The van der Waals surface area contributed by atoms with Gasteiger partial charge < -0.3 is 0 Å². The Morgan fingerprint density at radius 3 is 1.29 bits per heavy atom. The largest absolute Gasteiger partial charge is 0.299 e. The zero-order valence-electron chi connectivity index (χ0n) is 12.5. The van der Waals surface area contributed by atoms with Gasteiger partial charge in [-0.05, 0) is 5.92 Å². The first-order valence-electron chi connectivity index (χ1n) is 6.55. The van der Waals surface area contributed by atoms with Gasteiger partial charge in [0.05, 0.1) is 0 Å². The highest BCUT2D eigenvalue weighted by Crippen LogP contribution is 2.26. The molecule has 0 saturated carbocycles. The molecule has 0 N–H and O–H groups in total. The van der Waals surface area contributed by atoms with E-state index in [2.05, 4.69) is 6.92 Å². The van der Waals surface area contributed by atoms with E-state index >= 15 is 0 Å². The smallest absolute Gasteiger partial charge is 0.138 e. The molecule has 0 aromatic carbocycles. The highest BCUT2D eigenvalue weighted by Gasteiger charge is 2.28. The van der Waals surface area contributed by atoms with Gasteiger partial charge in [-0.25, -0.2) is 0 Å². The molecule has 0 fully saturated rings. The predicted octanol–water partition coefficient (Wildman–Crippen LogP) is 4.02. The molecule has 0 aromatic rings. The predicted molar refractivity (Wildman–Crippen MR) is 71.9 cm³/mol. The maximum absolute atomic E-state index is 12.0. The van der Waals surface area contributed by atoms with Crippen LogP contribution in [0.4, 0.5) is 0 Å². The fourth-order valence-electron chi connectivity index (χ4n) is 1.50. The van der Waals surface area contributed by atoms with Gasteiger partial charge in [-0.2, -0.15) is 0 Å². The quantitative estimate of drug-likeness (QED) is 0.727. The van der Waals surface area contributed by atoms with Crippen molar-refractivity contribution in [1.82, 2.24) is 0 Å². The molecule has 0 spiro atoms. The molecule has 0 amide bonds. The van der Waals surface area contributed by atoms with E-state index in [0.29, 0.717) is 12.8 Å². The second-order valence-corrected chi connectivity index (χ2v) is 7.03. The molecule has 0 radical (unpaired) electrons. The molecule has 2 heteroatoms. The van der Waals surface area contributed by atoms with Crippen LogP contribution in [-0.4, -0.2) is 11.6 Å². The van der Waals surface area contributed by atoms with Gasteiger partial charge in [-0.15, -0.1) is 0 Å². The molecule has 0 aliphatic heterocycles. The topological polar surface area (TPSA) is 34.1 Å².